The second-order valence-electron chi connectivity index (χ2n) is 5.42. The number of aliphatic hydroxyl groups excluding tert-OH is 1. The highest BCUT2D eigenvalue weighted by Gasteiger charge is 2.15. The number of rotatable bonds is 8. The molecule has 0 amide bonds. The summed E-state index contributed by atoms with van der Waals surface area (Å²) in [5.74, 6) is 0.401. The Morgan fingerprint density at radius 2 is 1.90 bits per heavy atom. The molecule has 0 bridgehead atoms. The summed E-state index contributed by atoms with van der Waals surface area (Å²) in [5.41, 5.74) is 0.435. The van der Waals surface area contributed by atoms with Crippen LogP contribution in [0.1, 0.15) is 25.8 Å². The van der Waals surface area contributed by atoms with Gasteiger partial charge in [-0.1, -0.05) is 13.8 Å². The Bertz CT molecular complexity index is 574. The van der Waals surface area contributed by atoms with Crippen LogP contribution in [-0.4, -0.2) is 38.5 Å². The third kappa shape index (κ3) is 5.84. The SMILES string of the molecule is CC(C)CC(CO)NCCS(=O)(=O)c1ccc(C#N)cc1. The minimum Gasteiger partial charge on any atom is -0.395 e. The van der Waals surface area contributed by atoms with Gasteiger partial charge in [-0.15, -0.1) is 0 Å². The molecule has 0 spiro atoms. The summed E-state index contributed by atoms with van der Waals surface area (Å²) in [5, 5.41) is 21.0. The zero-order chi connectivity index (χ0) is 15.9. The molecule has 1 atom stereocenters. The van der Waals surface area contributed by atoms with E-state index >= 15 is 0 Å². The van der Waals surface area contributed by atoms with Crippen molar-refractivity contribution in [1.29, 1.82) is 5.26 Å². The molecule has 1 aromatic rings. The van der Waals surface area contributed by atoms with Gasteiger partial charge in [-0.05, 0) is 36.6 Å². The van der Waals surface area contributed by atoms with Gasteiger partial charge >= 0.3 is 0 Å². The predicted molar refractivity (Wildman–Crippen MR) is 81.5 cm³/mol. The van der Waals surface area contributed by atoms with Crippen molar-refractivity contribution in [1.82, 2.24) is 5.32 Å². The highest BCUT2D eigenvalue weighted by atomic mass is 32.2. The quantitative estimate of drug-likeness (QED) is 0.756. The summed E-state index contributed by atoms with van der Waals surface area (Å²) >= 11 is 0. The summed E-state index contributed by atoms with van der Waals surface area (Å²) in [4.78, 5) is 0.215. The van der Waals surface area contributed by atoms with E-state index in [0.717, 1.165) is 6.42 Å². The molecule has 6 heteroatoms. The van der Waals surface area contributed by atoms with E-state index in [1.165, 1.54) is 24.3 Å². The normalized spacial score (nSPS) is 13.1. The minimum absolute atomic E-state index is 0.00487. The second kappa shape index (κ2) is 8.13. The summed E-state index contributed by atoms with van der Waals surface area (Å²) in [6.45, 7) is 4.39. The number of benzene rings is 1. The lowest BCUT2D eigenvalue weighted by atomic mass is 10.0. The molecule has 2 N–H and O–H groups in total. The van der Waals surface area contributed by atoms with Crippen molar-refractivity contribution < 1.29 is 13.5 Å². The van der Waals surface area contributed by atoms with Crippen molar-refractivity contribution in [3.05, 3.63) is 29.8 Å². The Balaban J connectivity index is 2.58. The molecule has 0 saturated carbocycles. The topological polar surface area (TPSA) is 90.2 Å². The van der Waals surface area contributed by atoms with Gasteiger partial charge in [-0.25, -0.2) is 8.42 Å². The first-order chi connectivity index (χ1) is 9.89. The summed E-state index contributed by atoms with van der Waals surface area (Å²) < 4.78 is 24.3. The van der Waals surface area contributed by atoms with Crippen LogP contribution in [0.2, 0.25) is 0 Å². The fourth-order valence-electron chi connectivity index (χ4n) is 2.04. The minimum atomic E-state index is -3.37. The van der Waals surface area contributed by atoms with E-state index in [1.807, 2.05) is 6.07 Å². The molecule has 1 unspecified atom stereocenters. The fraction of sp³-hybridized carbons (Fsp3) is 0.533. The smallest absolute Gasteiger partial charge is 0.179 e. The van der Waals surface area contributed by atoms with Crippen LogP contribution in [-0.2, 0) is 9.84 Å². The van der Waals surface area contributed by atoms with E-state index in [1.54, 1.807) is 0 Å². The van der Waals surface area contributed by atoms with Crippen LogP contribution >= 0.6 is 0 Å². The van der Waals surface area contributed by atoms with Gasteiger partial charge in [0.05, 0.1) is 28.9 Å². The molecule has 0 fully saturated rings. The van der Waals surface area contributed by atoms with Crippen molar-refractivity contribution in [3.63, 3.8) is 0 Å². The van der Waals surface area contributed by atoms with Crippen LogP contribution in [0.4, 0.5) is 0 Å². The molecule has 1 aromatic carbocycles. The summed E-state index contributed by atoms with van der Waals surface area (Å²) in [6.07, 6.45) is 0.799. The van der Waals surface area contributed by atoms with Gasteiger partial charge in [0.1, 0.15) is 0 Å². The number of nitrogens with one attached hydrogen (secondary N) is 1. The van der Waals surface area contributed by atoms with E-state index < -0.39 is 9.84 Å². The fourth-order valence-corrected chi connectivity index (χ4v) is 3.22. The Labute approximate surface area is 126 Å². The van der Waals surface area contributed by atoms with Crippen LogP contribution in [0.5, 0.6) is 0 Å². The van der Waals surface area contributed by atoms with E-state index in [-0.39, 0.29) is 23.3 Å². The van der Waals surface area contributed by atoms with Gasteiger partial charge < -0.3 is 10.4 Å². The summed E-state index contributed by atoms with van der Waals surface area (Å²) in [6, 6.07) is 7.76. The molecule has 0 aromatic heterocycles. The van der Waals surface area contributed by atoms with Gasteiger partial charge in [-0.2, -0.15) is 5.26 Å². The lowest BCUT2D eigenvalue weighted by Crippen LogP contribution is -2.36. The molecule has 1 rings (SSSR count). The van der Waals surface area contributed by atoms with E-state index in [2.05, 4.69) is 19.2 Å². The lowest BCUT2D eigenvalue weighted by Gasteiger charge is -2.18. The largest absolute Gasteiger partial charge is 0.395 e. The van der Waals surface area contributed by atoms with Gasteiger partial charge in [0, 0.05) is 12.6 Å². The van der Waals surface area contributed by atoms with Gasteiger partial charge in [-0.3, -0.25) is 0 Å². The van der Waals surface area contributed by atoms with Crippen LogP contribution in [0.3, 0.4) is 0 Å². The number of nitrogens with zero attached hydrogens (tertiary/aromatic N) is 1. The molecule has 0 saturated heterocycles. The first kappa shape index (κ1) is 17.6. The number of hydrogen-bond acceptors (Lipinski definition) is 5. The average Bonchev–Trinajstić information content (AvgIpc) is 2.45. The number of aliphatic hydroxyl groups is 1. The Kier molecular flexibility index (Phi) is 6.82. The van der Waals surface area contributed by atoms with Crippen LogP contribution in [0, 0.1) is 17.2 Å². The molecule has 116 valence electrons. The van der Waals surface area contributed by atoms with E-state index in [9.17, 15) is 13.5 Å². The Morgan fingerprint density at radius 1 is 1.29 bits per heavy atom. The maximum absolute atomic E-state index is 12.1. The molecule has 21 heavy (non-hydrogen) atoms. The van der Waals surface area contributed by atoms with Crippen molar-refractivity contribution in [3.8, 4) is 6.07 Å². The maximum atomic E-state index is 12.1. The maximum Gasteiger partial charge on any atom is 0.179 e. The Morgan fingerprint density at radius 3 is 2.38 bits per heavy atom. The second-order valence-corrected chi connectivity index (χ2v) is 7.53. The first-order valence-electron chi connectivity index (χ1n) is 6.96. The predicted octanol–water partition coefficient (Wildman–Crippen LogP) is 1.33. The molecule has 0 heterocycles. The number of nitriles is 1. The monoisotopic (exact) mass is 310 g/mol. The lowest BCUT2D eigenvalue weighted by molar-refractivity contribution is 0.226. The van der Waals surface area contributed by atoms with E-state index in [4.69, 9.17) is 5.26 Å². The molecular formula is C15H22N2O3S. The number of sulfone groups is 1. The molecular weight excluding hydrogens is 288 g/mol. The summed E-state index contributed by atoms with van der Waals surface area (Å²) in [7, 11) is -3.37. The van der Waals surface area contributed by atoms with Gasteiger partial charge in [0.15, 0.2) is 9.84 Å². The Hall–Kier alpha value is -1.42. The zero-order valence-electron chi connectivity index (χ0n) is 12.4. The van der Waals surface area contributed by atoms with E-state index in [0.29, 0.717) is 18.0 Å². The van der Waals surface area contributed by atoms with Crippen molar-refractivity contribution in [2.45, 2.75) is 31.2 Å². The molecule has 0 aliphatic heterocycles. The molecule has 5 nitrogen and oxygen atoms in total. The first-order valence-corrected chi connectivity index (χ1v) is 8.61. The molecule has 0 aliphatic rings. The average molecular weight is 310 g/mol. The third-order valence-electron chi connectivity index (χ3n) is 3.12. The van der Waals surface area contributed by atoms with Crippen molar-refractivity contribution in [2.24, 2.45) is 5.92 Å². The number of hydrogen-bond donors (Lipinski definition) is 2. The van der Waals surface area contributed by atoms with Crippen LogP contribution in [0.25, 0.3) is 0 Å². The molecule has 0 radical (unpaired) electrons. The van der Waals surface area contributed by atoms with Crippen LogP contribution < -0.4 is 5.32 Å². The van der Waals surface area contributed by atoms with Gasteiger partial charge in [0.2, 0.25) is 0 Å². The van der Waals surface area contributed by atoms with Gasteiger partial charge in [0.25, 0.3) is 0 Å². The van der Waals surface area contributed by atoms with Crippen molar-refractivity contribution in [2.75, 3.05) is 18.9 Å². The third-order valence-corrected chi connectivity index (χ3v) is 4.85. The van der Waals surface area contributed by atoms with Crippen molar-refractivity contribution >= 4 is 9.84 Å². The highest BCUT2D eigenvalue weighted by molar-refractivity contribution is 7.91. The standard InChI is InChI=1S/C15H22N2O3S/c1-12(2)9-14(11-18)17-7-8-21(19,20)15-5-3-13(10-16)4-6-15/h3-6,12,14,17-18H,7-9,11H2,1-2H3. The van der Waals surface area contributed by atoms with Crippen LogP contribution in [0.15, 0.2) is 29.2 Å². The molecule has 0 aliphatic carbocycles. The zero-order valence-corrected chi connectivity index (χ0v) is 13.2. The highest BCUT2D eigenvalue weighted by Crippen LogP contribution is 2.12.